The van der Waals surface area contributed by atoms with Gasteiger partial charge < -0.3 is 4.90 Å². The van der Waals surface area contributed by atoms with E-state index in [0.717, 1.165) is 32.4 Å². The number of benzene rings is 1. The first kappa shape index (κ1) is 15.0. The van der Waals surface area contributed by atoms with Gasteiger partial charge in [-0.25, -0.2) is 8.42 Å². The highest BCUT2D eigenvalue weighted by Crippen LogP contribution is 2.21. The summed E-state index contributed by atoms with van der Waals surface area (Å²) in [6.45, 7) is 3.27. The number of carbonyl (C=O) groups is 1. The first-order chi connectivity index (χ1) is 9.56. The van der Waals surface area contributed by atoms with E-state index in [1.54, 1.807) is 29.2 Å². The summed E-state index contributed by atoms with van der Waals surface area (Å²) in [5, 5.41) is 0. The van der Waals surface area contributed by atoms with Crippen molar-refractivity contribution in [3.63, 3.8) is 0 Å². The molecule has 1 heterocycles. The average molecular weight is 295 g/mol. The third-order valence-electron chi connectivity index (χ3n) is 3.57. The van der Waals surface area contributed by atoms with E-state index in [1.165, 1.54) is 0 Å². The van der Waals surface area contributed by atoms with Crippen LogP contribution in [0.1, 0.15) is 43.0 Å². The largest absolute Gasteiger partial charge is 0.339 e. The van der Waals surface area contributed by atoms with Gasteiger partial charge in [-0.05, 0) is 37.8 Å². The smallest absolute Gasteiger partial charge is 0.255 e. The summed E-state index contributed by atoms with van der Waals surface area (Å²) in [7, 11) is -3.37. The number of amides is 1. The van der Waals surface area contributed by atoms with Crippen molar-refractivity contribution in [3.05, 3.63) is 29.8 Å². The summed E-state index contributed by atoms with van der Waals surface area (Å²) >= 11 is 0. The lowest BCUT2D eigenvalue weighted by Gasteiger charge is -2.27. The molecule has 0 unspecified atom stereocenters. The Hall–Kier alpha value is -1.36. The molecule has 1 amide bonds. The van der Waals surface area contributed by atoms with Gasteiger partial charge in [0.1, 0.15) is 0 Å². The molecular formula is C15H21NO3S. The molecule has 110 valence electrons. The van der Waals surface area contributed by atoms with Crippen molar-refractivity contribution in [1.29, 1.82) is 0 Å². The van der Waals surface area contributed by atoms with Crippen molar-refractivity contribution in [2.45, 2.75) is 37.5 Å². The maximum atomic E-state index is 12.5. The fourth-order valence-electron chi connectivity index (χ4n) is 2.56. The molecule has 0 saturated carbocycles. The third kappa shape index (κ3) is 3.20. The van der Waals surface area contributed by atoms with Gasteiger partial charge in [0.05, 0.1) is 16.2 Å². The van der Waals surface area contributed by atoms with Crippen molar-refractivity contribution < 1.29 is 13.2 Å². The fourth-order valence-corrected chi connectivity index (χ4v) is 4.09. The standard InChI is InChI=1S/C15H21NO3S/c1-2-12-20(18,19)14-9-5-4-8-13(14)15(17)16-10-6-3-7-11-16/h4-5,8-9H,2-3,6-7,10-12H2,1H3. The molecule has 1 fully saturated rings. The highest BCUT2D eigenvalue weighted by molar-refractivity contribution is 7.91. The number of nitrogens with zero attached hydrogens (tertiary/aromatic N) is 1. The van der Waals surface area contributed by atoms with Crippen molar-refractivity contribution in [3.8, 4) is 0 Å². The summed E-state index contributed by atoms with van der Waals surface area (Å²) in [6.07, 6.45) is 3.68. The van der Waals surface area contributed by atoms with Gasteiger partial charge in [0.15, 0.2) is 9.84 Å². The second-order valence-corrected chi connectivity index (χ2v) is 7.25. The Kier molecular flexibility index (Phi) is 4.81. The Morgan fingerprint density at radius 3 is 2.45 bits per heavy atom. The summed E-state index contributed by atoms with van der Waals surface area (Å²) in [4.78, 5) is 14.5. The van der Waals surface area contributed by atoms with Crippen LogP contribution in [0.15, 0.2) is 29.2 Å². The van der Waals surface area contributed by atoms with Crippen LogP contribution in [0.5, 0.6) is 0 Å². The number of likely N-dealkylation sites (tertiary alicyclic amines) is 1. The molecule has 1 aliphatic heterocycles. The van der Waals surface area contributed by atoms with Gasteiger partial charge in [0.2, 0.25) is 0 Å². The van der Waals surface area contributed by atoms with Crippen molar-refractivity contribution in [2.75, 3.05) is 18.8 Å². The van der Waals surface area contributed by atoms with Crippen LogP contribution >= 0.6 is 0 Å². The number of hydrogen-bond acceptors (Lipinski definition) is 3. The zero-order valence-electron chi connectivity index (χ0n) is 11.8. The van der Waals surface area contributed by atoms with Crippen LogP contribution in [0.4, 0.5) is 0 Å². The van der Waals surface area contributed by atoms with E-state index in [2.05, 4.69) is 0 Å². The van der Waals surface area contributed by atoms with Crippen LogP contribution in [-0.2, 0) is 9.84 Å². The lowest BCUT2D eigenvalue weighted by molar-refractivity contribution is 0.0720. The minimum atomic E-state index is -3.37. The molecule has 1 aromatic rings. The first-order valence-electron chi connectivity index (χ1n) is 7.17. The Morgan fingerprint density at radius 2 is 1.80 bits per heavy atom. The molecule has 2 rings (SSSR count). The van der Waals surface area contributed by atoms with E-state index in [4.69, 9.17) is 0 Å². The molecule has 20 heavy (non-hydrogen) atoms. The van der Waals surface area contributed by atoms with Gasteiger partial charge in [-0.1, -0.05) is 19.1 Å². The molecule has 0 aliphatic carbocycles. The average Bonchev–Trinajstić information content (AvgIpc) is 2.47. The minimum Gasteiger partial charge on any atom is -0.339 e. The molecule has 1 saturated heterocycles. The molecule has 0 radical (unpaired) electrons. The van der Waals surface area contributed by atoms with Crippen molar-refractivity contribution in [2.24, 2.45) is 0 Å². The van der Waals surface area contributed by atoms with Crippen LogP contribution in [0.25, 0.3) is 0 Å². The fraction of sp³-hybridized carbons (Fsp3) is 0.533. The van der Waals surface area contributed by atoms with Crippen LogP contribution in [-0.4, -0.2) is 38.1 Å². The lowest BCUT2D eigenvalue weighted by Crippen LogP contribution is -2.36. The predicted molar refractivity (Wildman–Crippen MR) is 78.5 cm³/mol. The maximum absolute atomic E-state index is 12.5. The van der Waals surface area contributed by atoms with Gasteiger partial charge in [-0.3, -0.25) is 4.79 Å². The SMILES string of the molecule is CCCS(=O)(=O)c1ccccc1C(=O)N1CCCCC1. The number of piperidine rings is 1. The Balaban J connectivity index is 2.34. The number of carbonyl (C=O) groups excluding carboxylic acids is 1. The zero-order valence-corrected chi connectivity index (χ0v) is 12.7. The summed E-state index contributed by atoms with van der Waals surface area (Å²) in [5.41, 5.74) is 0.322. The zero-order chi connectivity index (χ0) is 14.6. The molecule has 0 atom stereocenters. The number of rotatable bonds is 4. The van der Waals surface area contributed by atoms with E-state index < -0.39 is 9.84 Å². The molecule has 0 bridgehead atoms. The summed E-state index contributed by atoms with van der Waals surface area (Å²) in [5.74, 6) is -0.0721. The summed E-state index contributed by atoms with van der Waals surface area (Å²) < 4.78 is 24.5. The van der Waals surface area contributed by atoms with E-state index in [-0.39, 0.29) is 16.6 Å². The van der Waals surface area contributed by atoms with E-state index in [9.17, 15) is 13.2 Å². The van der Waals surface area contributed by atoms with E-state index >= 15 is 0 Å². The third-order valence-corrected chi connectivity index (χ3v) is 5.54. The second kappa shape index (κ2) is 6.39. The Labute approximate surface area is 120 Å². The predicted octanol–water partition coefficient (Wildman–Crippen LogP) is 2.50. The molecule has 1 aromatic carbocycles. The lowest BCUT2D eigenvalue weighted by atomic mass is 10.1. The van der Waals surface area contributed by atoms with Crippen LogP contribution in [0.2, 0.25) is 0 Å². The van der Waals surface area contributed by atoms with Crippen molar-refractivity contribution in [1.82, 2.24) is 4.90 Å². The topological polar surface area (TPSA) is 54.5 Å². The molecule has 5 heteroatoms. The molecule has 0 N–H and O–H groups in total. The Bertz CT molecular complexity index is 575. The van der Waals surface area contributed by atoms with Crippen LogP contribution in [0, 0.1) is 0 Å². The van der Waals surface area contributed by atoms with E-state index in [1.807, 2.05) is 6.92 Å². The van der Waals surface area contributed by atoms with Gasteiger partial charge >= 0.3 is 0 Å². The van der Waals surface area contributed by atoms with Gasteiger partial charge in [0, 0.05) is 13.1 Å². The van der Waals surface area contributed by atoms with Gasteiger partial charge in [0.25, 0.3) is 5.91 Å². The Morgan fingerprint density at radius 1 is 1.15 bits per heavy atom. The van der Waals surface area contributed by atoms with Gasteiger partial charge in [-0.2, -0.15) is 0 Å². The monoisotopic (exact) mass is 295 g/mol. The van der Waals surface area contributed by atoms with Gasteiger partial charge in [-0.15, -0.1) is 0 Å². The highest BCUT2D eigenvalue weighted by atomic mass is 32.2. The number of sulfone groups is 1. The highest BCUT2D eigenvalue weighted by Gasteiger charge is 2.25. The van der Waals surface area contributed by atoms with Crippen LogP contribution in [0.3, 0.4) is 0 Å². The normalized spacial score (nSPS) is 16.1. The molecule has 0 spiro atoms. The quantitative estimate of drug-likeness (QED) is 0.857. The van der Waals surface area contributed by atoms with E-state index in [0.29, 0.717) is 12.0 Å². The maximum Gasteiger partial charge on any atom is 0.255 e. The first-order valence-corrected chi connectivity index (χ1v) is 8.82. The molecule has 4 nitrogen and oxygen atoms in total. The molecule has 1 aliphatic rings. The molecular weight excluding hydrogens is 274 g/mol. The molecule has 0 aromatic heterocycles. The second-order valence-electron chi connectivity index (χ2n) is 5.17. The van der Waals surface area contributed by atoms with Crippen LogP contribution < -0.4 is 0 Å². The summed E-state index contributed by atoms with van der Waals surface area (Å²) in [6, 6.07) is 6.57. The number of hydrogen-bond donors (Lipinski definition) is 0. The minimum absolute atomic E-state index is 0.0806. The van der Waals surface area contributed by atoms with Crippen molar-refractivity contribution >= 4 is 15.7 Å².